The van der Waals surface area contributed by atoms with Crippen LogP contribution in [0.25, 0.3) is 0 Å². The predicted octanol–water partition coefficient (Wildman–Crippen LogP) is 5.07. The van der Waals surface area contributed by atoms with Gasteiger partial charge in [-0.3, -0.25) is 0 Å². The molecule has 1 aliphatic rings. The Hall–Kier alpha value is -4.44. The fraction of sp³-hybridized carbons (Fsp3) is 0.214. The Morgan fingerprint density at radius 2 is 1.80 bits per heavy atom. The molecule has 2 N–H and O–H groups in total. The summed E-state index contributed by atoms with van der Waals surface area (Å²) in [5, 5.41) is 9.81. The molecule has 0 fully saturated rings. The molecule has 1 unspecified atom stereocenters. The van der Waals surface area contributed by atoms with Crippen molar-refractivity contribution in [2.24, 2.45) is 5.73 Å². The highest BCUT2D eigenvalue weighted by atomic mass is 16.6. The Bertz CT molecular complexity index is 1260. The number of allylic oxidation sites excluding steroid dienone is 1. The summed E-state index contributed by atoms with van der Waals surface area (Å²) in [6.07, 6.45) is 1.99. The highest BCUT2D eigenvalue weighted by Crippen LogP contribution is 2.44. The number of esters is 1. The summed E-state index contributed by atoms with van der Waals surface area (Å²) in [5.41, 5.74) is 8.01. The summed E-state index contributed by atoms with van der Waals surface area (Å²) in [6.45, 7) is 2.49. The van der Waals surface area contributed by atoms with Crippen molar-refractivity contribution in [3.05, 3.63) is 95.4 Å². The Morgan fingerprint density at radius 1 is 1.00 bits per heavy atom. The average molecular weight is 471 g/mol. The molecule has 0 aliphatic carbocycles. The van der Waals surface area contributed by atoms with E-state index in [2.05, 4.69) is 13.0 Å². The smallest absolute Gasteiger partial charge is 0.349 e. The molecule has 4 rings (SSSR count). The zero-order valence-electron chi connectivity index (χ0n) is 19.4. The van der Waals surface area contributed by atoms with Crippen LogP contribution in [0.5, 0.6) is 23.0 Å². The van der Waals surface area contributed by atoms with Crippen molar-refractivity contribution in [3.8, 4) is 29.1 Å². The van der Waals surface area contributed by atoms with Gasteiger partial charge >= 0.3 is 5.97 Å². The van der Waals surface area contributed by atoms with Crippen LogP contribution in [-0.2, 0) is 4.79 Å². The van der Waals surface area contributed by atoms with E-state index < -0.39 is 11.9 Å². The molecule has 0 spiro atoms. The maximum Gasteiger partial charge on any atom is 0.349 e. The minimum atomic E-state index is -0.556. The molecule has 0 saturated heterocycles. The van der Waals surface area contributed by atoms with Crippen LogP contribution < -0.4 is 24.7 Å². The van der Waals surface area contributed by atoms with Gasteiger partial charge in [0.2, 0.25) is 5.88 Å². The second-order valence-corrected chi connectivity index (χ2v) is 7.97. The van der Waals surface area contributed by atoms with E-state index in [1.165, 1.54) is 0 Å². The van der Waals surface area contributed by atoms with Gasteiger partial charge in [0.1, 0.15) is 34.6 Å². The average Bonchev–Trinajstić information content (AvgIpc) is 2.87. The second-order valence-electron chi connectivity index (χ2n) is 7.97. The van der Waals surface area contributed by atoms with E-state index >= 15 is 0 Å². The van der Waals surface area contributed by atoms with Crippen LogP contribution in [-0.4, -0.2) is 19.2 Å². The molecule has 0 bridgehead atoms. The van der Waals surface area contributed by atoms with Crippen molar-refractivity contribution in [3.63, 3.8) is 0 Å². The van der Waals surface area contributed by atoms with Crippen molar-refractivity contribution < 1.29 is 23.7 Å². The third-order valence-corrected chi connectivity index (χ3v) is 5.48. The van der Waals surface area contributed by atoms with Gasteiger partial charge in [0, 0.05) is 11.6 Å². The Balaban J connectivity index is 1.54. The molecule has 35 heavy (non-hydrogen) atoms. The largest absolute Gasteiger partial charge is 0.494 e. The minimum Gasteiger partial charge on any atom is -0.494 e. The summed E-state index contributed by atoms with van der Waals surface area (Å²) in [6, 6.07) is 23.8. The van der Waals surface area contributed by atoms with E-state index in [-0.39, 0.29) is 18.2 Å². The molecule has 7 heteroatoms. The van der Waals surface area contributed by atoms with Crippen LogP contribution in [0.1, 0.15) is 36.8 Å². The first-order chi connectivity index (χ1) is 17.1. The first kappa shape index (κ1) is 23.7. The van der Waals surface area contributed by atoms with E-state index in [1.807, 2.05) is 42.5 Å². The van der Waals surface area contributed by atoms with E-state index in [9.17, 15) is 10.1 Å². The van der Waals surface area contributed by atoms with Crippen LogP contribution in [0.3, 0.4) is 0 Å². The number of hydrogen-bond acceptors (Lipinski definition) is 7. The SMILES string of the molecule is CCCCOc1cccc(C2C(C#N)=C(N)Oc3cc(OC(=O)COc4ccccc4)ccc32)c1. The first-order valence-electron chi connectivity index (χ1n) is 11.4. The number of fused-ring (bicyclic) bond motifs is 1. The molecular formula is C28H26N2O5. The molecule has 1 atom stereocenters. The number of benzene rings is 3. The number of ether oxygens (including phenoxy) is 4. The van der Waals surface area contributed by atoms with Gasteiger partial charge in [-0.1, -0.05) is 49.7 Å². The summed E-state index contributed by atoms with van der Waals surface area (Å²) in [7, 11) is 0. The van der Waals surface area contributed by atoms with E-state index in [4.69, 9.17) is 24.7 Å². The Morgan fingerprint density at radius 3 is 2.57 bits per heavy atom. The number of nitrogens with zero attached hydrogens (tertiary/aromatic N) is 1. The molecule has 3 aromatic carbocycles. The molecule has 0 saturated carbocycles. The van der Waals surface area contributed by atoms with Crippen LogP contribution in [0.15, 0.2) is 84.3 Å². The minimum absolute atomic E-state index is 0.0122. The lowest BCUT2D eigenvalue weighted by Gasteiger charge is -2.27. The van der Waals surface area contributed by atoms with Crippen molar-refractivity contribution >= 4 is 5.97 Å². The normalized spacial score (nSPS) is 14.3. The molecule has 1 heterocycles. The van der Waals surface area contributed by atoms with Gasteiger partial charge in [-0.25, -0.2) is 4.79 Å². The monoisotopic (exact) mass is 470 g/mol. The summed E-state index contributed by atoms with van der Waals surface area (Å²) in [5.74, 6) is 1.02. The van der Waals surface area contributed by atoms with E-state index in [0.29, 0.717) is 23.7 Å². The van der Waals surface area contributed by atoms with Gasteiger partial charge < -0.3 is 24.7 Å². The number of unbranched alkanes of at least 4 members (excludes halogenated alkanes) is 1. The highest BCUT2D eigenvalue weighted by Gasteiger charge is 2.31. The van der Waals surface area contributed by atoms with Gasteiger partial charge in [0.05, 0.1) is 12.5 Å². The predicted molar refractivity (Wildman–Crippen MR) is 130 cm³/mol. The number of para-hydroxylation sites is 1. The number of rotatable bonds is 9. The van der Waals surface area contributed by atoms with Gasteiger partial charge in [-0.2, -0.15) is 5.26 Å². The van der Waals surface area contributed by atoms with Gasteiger partial charge in [0.25, 0.3) is 0 Å². The topological polar surface area (TPSA) is 104 Å². The quantitative estimate of drug-likeness (QED) is 0.265. The number of nitrogens with two attached hydrogens (primary N) is 1. The summed E-state index contributed by atoms with van der Waals surface area (Å²) >= 11 is 0. The van der Waals surface area contributed by atoms with Crippen molar-refractivity contribution in [2.75, 3.05) is 13.2 Å². The molecule has 1 aliphatic heterocycles. The molecular weight excluding hydrogens is 444 g/mol. The van der Waals surface area contributed by atoms with E-state index in [1.54, 1.807) is 30.3 Å². The lowest BCUT2D eigenvalue weighted by Crippen LogP contribution is -2.21. The molecule has 3 aromatic rings. The Kier molecular flexibility index (Phi) is 7.53. The molecule has 7 nitrogen and oxygen atoms in total. The maximum absolute atomic E-state index is 12.3. The Labute approximate surface area is 204 Å². The van der Waals surface area contributed by atoms with Crippen LogP contribution in [0, 0.1) is 11.3 Å². The molecule has 178 valence electrons. The zero-order chi connectivity index (χ0) is 24.6. The second kappa shape index (κ2) is 11.1. The van der Waals surface area contributed by atoms with Crippen LogP contribution in [0.4, 0.5) is 0 Å². The van der Waals surface area contributed by atoms with Crippen LogP contribution in [0.2, 0.25) is 0 Å². The third kappa shape index (κ3) is 5.74. The van der Waals surface area contributed by atoms with Crippen molar-refractivity contribution in [1.29, 1.82) is 5.26 Å². The number of hydrogen-bond donors (Lipinski definition) is 1. The van der Waals surface area contributed by atoms with Crippen molar-refractivity contribution in [1.82, 2.24) is 0 Å². The standard InChI is InChI=1S/C28H26N2O5/c1-2-3-14-32-21-11-7-8-19(15-21)27-23-13-12-22(16-25(23)35-28(30)24(27)17-29)34-26(31)18-33-20-9-5-4-6-10-20/h4-13,15-16,27H,2-3,14,18,30H2,1H3. The molecule has 0 radical (unpaired) electrons. The maximum atomic E-state index is 12.3. The number of carbonyl (C=O) groups is 1. The molecule has 0 aromatic heterocycles. The van der Waals surface area contributed by atoms with Gasteiger partial charge in [0.15, 0.2) is 6.61 Å². The van der Waals surface area contributed by atoms with Crippen molar-refractivity contribution in [2.45, 2.75) is 25.7 Å². The summed E-state index contributed by atoms with van der Waals surface area (Å²) < 4.78 is 22.4. The highest BCUT2D eigenvalue weighted by molar-refractivity contribution is 5.74. The van der Waals surface area contributed by atoms with Crippen LogP contribution >= 0.6 is 0 Å². The van der Waals surface area contributed by atoms with Gasteiger partial charge in [-0.05, 0) is 42.3 Å². The van der Waals surface area contributed by atoms with E-state index in [0.717, 1.165) is 29.7 Å². The lowest BCUT2D eigenvalue weighted by atomic mass is 9.83. The fourth-order valence-electron chi connectivity index (χ4n) is 3.78. The molecule has 0 amide bonds. The van der Waals surface area contributed by atoms with Gasteiger partial charge in [-0.15, -0.1) is 0 Å². The first-order valence-corrected chi connectivity index (χ1v) is 11.4. The number of carbonyl (C=O) groups excluding carboxylic acids is 1. The zero-order valence-corrected chi connectivity index (χ0v) is 19.4. The third-order valence-electron chi connectivity index (χ3n) is 5.48. The number of nitriles is 1. The fourth-order valence-corrected chi connectivity index (χ4v) is 3.78. The lowest BCUT2D eigenvalue weighted by molar-refractivity contribution is -0.136. The summed E-state index contributed by atoms with van der Waals surface area (Å²) in [4.78, 5) is 12.3.